The van der Waals surface area contributed by atoms with Crippen LogP contribution in [0.15, 0.2) is 67.0 Å². The lowest BCUT2D eigenvalue weighted by Gasteiger charge is -2.29. The van der Waals surface area contributed by atoms with E-state index in [0.717, 1.165) is 42.3 Å². The third kappa shape index (κ3) is 4.18. The molecule has 1 aliphatic rings. The number of carbonyl (C=O) groups is 1. The number of aromatic nitrogens is 1. The second kappa shape index (κ2) is 7.91. The van der Waals surface area contributed by atoms with Crippen LogP contribution >= 0.6 is 11.6 Å². The van der Waals surface area contributed by atoms with Gasteiger partial charge in [0.2, 0.25) is 0 Å². The molecule has 0 spiro atoms. The number of rotatable bonds is 4. The van der Waals surface area contributed by atoms with Crippen molar-refractivity contribution in [1.29, 1.82) is 0 Å². The van der Waals surface area contributed by atoms with E-state index >= 15 is 0 Å². The van der Waals surface area contributed by atoms with E-state index in [-0.39, 0.29) is 5.91 Å². The zero-order valence-corrected chi connectivity index (χ0v) is 15.6. The Morgan fingerprint density at radius 3 is 2.70 bits per heavy atom. The molecule has 1 aliphatic heterocycles. The molecule has 0 radical (unpaired) electrons. The van der Waals surface area contributed by atoms with E-state index in [2.05, 4.69) is 33.4 Å². The fraction of sp³-hybridized carbons (Fsp3) is 0.182. The molecule has 0 atom stereocenters. The number of nitrogens with one attached hydrogen (secondary N) is 1. The van der Waals surface area contributed by atoms with Crippen LogP contribution in [0.3, 0.4) is 0 Å². The molecular formula is C22H20ClN3O. The third-order valence-electron chi connectivity index (χ3n) is 4.85. The first-order chi connectivity index (χ1) is 13.2. The number of benzene rings is 2. The lowest BCUT2D eigenvalue weighted by Crippen LogP contribution is -2.30. The molecule has 2 aromatic carbocycles. The Hall–Kier alpha value is -2.69. The molecule has 27 heavy (non-hydrogen) atoms. The van der Waals surface area contributed by atoms with Crippen LogP contribution in [0, 0.1) is 0 Å². The molecule has 0 fully saturated rings. The summed E-state index contributed by atoms with van der Waals surface area (Å²) < 4.78 is 0. The predicted octanol–water partition coefficient (Wildman–Crippen LogP) is 4.55. The first-order valence-electron chi connectivity index (χ1n) is 8.98. The molecule has 0 saturated carbocycles. The molecule has 3 aromatic rings. The van der Waals surface area contributed by atoms with Gasteiger partial charge in [-0.2, -0.15) is 0 Å². The summed E-state index contributed by atoms with van der Waals surface area (Å²) in [4.78, 5) is 18.7. The lowest BCUT2D eigenvalue weighted by molar-refractivity contribution is 0.102. The van der Waals surface area contributed by atoms with Crippen molar-refractivity contribution < 1.29 is 4.79 Å². The van der Waals surface area contributed by atoms with Crippen LogP contribution in [0.2, 0.25) is 5.02 Å². The van der Waals surface area contributed by atoms with E-state index in [9.17, 15) is 4.79 Å². The SMILES string of the molecule is O=C(Nc1ccc2c(c1)CN(Cc1ccccc1Cl)CC2)c1ccncc1. The molecule has 0 bridgehead atoms. The number of amides is 1. The number of hydrogen-bond acceptors (Lipinski definition) is 3. The molecule has 136 valence electrons. The highest BCUT2D eigenvalue weighted by Gasteiger charge is 2.18. The third-order valence-corrected chi connectivity index (χ3v) is 5.22. The summed E-state index contributed by atoms with van der Waals surface area (Å²) in [5, 5.41) is 3.78. The van der Waals surface area contributed by atoms with Gasteiger partial charge in [-0.1, -0.05) is 35.9 Å². The molecule has 2 heterocycles. The second-order valence-corrected chi connectivity index (χ2v) is 7.13. The maximum Gasteiger partial charge on any atom is 0.255 e. The maximum absolute atomic E-state index is 12.4. The van der Waals surface area contributed by atoms with Crippen LogP contribution in [-0.4, -0.2) is 22.3 Å². The molecule has 0 unspecified atom stereocenters. The normalized spacial score (nSPS) is 13.8. The van der Waals surface area contributed by atoms with Crippen LogP contribution in [0.5, 0.6) is 0 Å². The Balaban J connectivity index is 1.47. The number of nitrogens with zero attached hydrogens (tertiary/aromatic N) is 2. The summed E-state index contributed by atoms with van der Waals surface area (Å²) in [6.07, 6.45) is 4.24. The Morgan fingerprint density at radius 2 is 1.89 bits per heavy atom. The summed E-state index contributed by atoms with van der Waals surface area (Å²) in [5.41, 5.74) is 5.15. The predicted molar refractivity (Wildman–Crippen MR) is 108 cm³/mol. The maximum atomic E-state index is 12.4. The van der Waals surface area contributed by atoms with Gasteiger partial charge in [0, 0.05) is 48.3 Å². The van der Waals surface area contributed by atoms with Crippen molar-refractivity contribution in [3.8, 4) is 0 Å². The van der Waals surface area contributed by atoms with Crippen LogP contribution < -0.4 is 5.32 Å². The Morgan fingerprint density at radius 1 is 1.07 bits per heavy atom. The quantitative estimate of drug-likeness (QED) is 0.725. The van der Waals surface area contributed by atoms with Crippen LogP contribution in [0.4, 0.5) is 5.69 Å². The summed E-state index contributed by atoms with van der Waals surface area (Å²) >= 11 is 6.31. The number of anilines is 1. The lowest BCUT2D eigenvalue weighted by atomic mass is 9.98. The van der Waals surface area contributed by atoms with Crippen molar-refractivity contribution >= 4 is 23.2 Å². The topological polar surface area (TPSA) is 45.2 Å². The van der Waals surface area contributed by atoms with E-state index in [1.165, 1.54) is 11.1 Å². The number of halogens is 1. The van der Waals surface area contributed by atoms with Crippen LogP contribution in [0.25, 0.3) is 0 Å². The standard InChI is InChI=1S/C22H20ClN3O/c23-21-4-2-1-3-18(21)14-26-12-9-16-5-6-20(13-19(16)15-26)25-22(27)17-7-10-24-11-8-17/h1-8,10-11,13H,9,12,14-15H2,(H,25,27). The average molecular weight is 378 g/mol. The van der Waals surface area contributed by atoms with Crippen molar-refractivity contribution in [3.05, 3.63) is 94.3 Å². The van der Waals surface area contributed by atoms with Gasteiger partial charge >= 0.3 is 0 Å². The monoisotopic (exact) mass is 377 g/mol. The van der Waals surface area contributed by atoms with E-state index in [4.69, 9.17) is 11.6 Å². The highest BCUT2D eigenvalue weighted by atomic mass is 35.5. The fourth-order valence-corrected chi connectivity index (χ4v) is 3.60. The zero-order valence-electron chi connectivity index (χ0n) is 14.9. The number of fused-ring (bicyclic) bond motifs is 1. The number of pyridine rings is 1. The first kappa shape index (κ1) is 17.7. The van der Waals surface area contributed by atoms with Gasteiger partial charge in [-0.15, -0.1) is 0 Å². The molecule has 5 heteroatoms. The van der Waals surface area contributed by atoms with Gasteiger partial charge in [-0.3, -0.25) is 14.7 Å². The molecule has 1 amide bonds. The van der Waals surface area contributed by atoms with Crippen molar-refractivity contribution in [3.63, 3.8) is 0 Å². The minimum atomic E-state index is -0.124. The van der Waals surface area contributed by atoms with Gasteiger partial charge in [0.25, 0.3) is 5.91 Å². The first-order valence-corrected chi connectivity index (χ1v) is 9.36. The number of carbonyl (C=O) groups excluding carboxylic acids is 1. The minimum absolute atomic E-state index is 0.124. The highest BCUT2D eigenvalue weighted by Crippen LogP contribution is 2.25. The van der Waals surface area contributed by atoms with Crippen molar-refractivity contribution in [1.82, 2.24) is 9.88 Å². The van der Waals surface area contributed by atoms with Crippen molar-refractivity contribution in [2.75, 3.05) is 11.9 Å². The minimum Gasteiger partial charge on any atom is -0.322 e. The largest absolute Gasteiger partial charge is 0.322 e. The van der Waals surface area contributed by atoms with Gasteiger partial charge in [-0.05, 0) is 53.4 Å². The summed E-state index contributed by atoms with van der Waals surface area (Å²) in [6.45, 7) is 2.67. The smallest absolute Gasteiger partial charge is 0.255 e. The van der Waals surface area contributed by atoms with Gasteiger partial charge in [-0.25, -0.2) is 0 Å². The molecule has 0 aliphatic carbocycles. The zero-order chi connectivity index (χ0) is 18.6. The molecule has 4 nitrogen and oxygen atoms in total. The molecule has 4 rings (SSSR count). The Labute approximate surface area is 163 Å². The van der Waals surface area contributed by atoms with Gasteiger partial charge < -0.3 is 5.32 Å². The van der Waals surface area contributed by atoms with E-state index in [1.807, 2.05) is 24.3 Å². The van der Waals surface area contributed by atoms with Crippen LogP contribution in [-0.2, 0) is 19.5 Å². The fourth-order valence-electron chi connectivity index (χ4n) is 3.40. The highest BCUT2D eigenvalue weighted by molar-refractivity contribution is 6.31. The second-order valence-electron chi connectivity index (χ2n) is 6.73. The average Bonchev–Trinajstić information content (AvgIpc) is 2.70. The summed E-state index contributed by atoms with van der Waals surface area (Å²) in [6, 6.07) is 17.6. The molecule has 1 N–H and O–H groups in total. The molecular weight excluding hydrogens is 358 g/mol. The van der Waals surface area contributed by atoms with Crippen molar-refractivity contribution in [2.24, 2.45) is 0 Å². The summed E-state index contributed by atoms with van der Waals surface area (Å²) in [7, 11) is 0. The summed E-state index contributed by atoms with van der Waals surface area (Å²) in [5.74, 6) is -0.124. The van der Waals surface area contributed by atoms with Gasteiger partial charge in [0.15, 0.2) is 0 Å². The Bertz CT molecular complexity index is 959. The van der Waals surface area contributed by atoms with E-state index in [1.54, 1.807) is 24.5 Å². The molecule has 1 aromatic heterocycles. The Kier molecular flexibility index (Phi) is 5.19. The number of hydrogen-bond donors (Lipinski definition) is 1. The van der Waals surface area contributed by atoms with E-state index < -0.39 is 0 Å². The molecule has 0 saturated heterocycles. The van der Waals surface area contributed by atoms with Crippen molar-refractivity contribution in [2.45, 2.75) is 19.5 Å². The van der Waals surface area contributed by atoms with Crippen LogP contribution in [0.1, 0.15) is 27.0 Å². The van der Waals surface area contributed by atoms with Gasteiger partial charge in [0.1, 0.15) is 0 Å². The van der Waals surface area contributed by atoms with E-state index in [0.29, 0.717) is 5.56 Å². The van der Waals surface area contributed by atoms with Gasteiger partial charge in [0.05, 0.1) is 0 Å².